The van der Waals surface area contributed by atoms with E-state index in [0.717, 1.165) is 16.0 Å². The summed E-state index contributed by atoms with van der Waals surface area (Å²) >= 11 is 0. The number of nitrogens with one attached hydrogen (secondary N) is 1. The normalized spacial score (nSPS) is 15.0. The molecule has 0 fully saturated rings. The topological polar surface area (TPSA) is 150 Å². The van der Waals surface area contributed by atoms with Gasteiger partial charge < -0.3 is 19.9 Å². The van der Waals surface area contributed by atoms with Crippen LogP contribution in [0.4, 0.5) is 4.79 Å². The van der Waals surface area contributed by atoms with Gasteiger partial charge in [-0.1, -0.05) is 19.9 Å². The Kier molecular flexibility index (Phi) is 12.4. The highest BCUT2D eigenvalue weighted by Crippen LogP contribution is 2.39. The van der Waals surface area contributed by atoms with Crippen molar-refractivity contribution >= 4 is 41.3 Å². The number of carbonyl (C=O) groups excluding carboxylic acids is 7. The Hall–Kier alpha value is -4.87. The molecule has 2 aliphatic rings. The Balaban J connectivity index is 1.62. The quantitative estimate of drug-likeness (QED) is 0.235. The van der Waals surface area contributed by atoms with E-state index in [1.807, 2.05) is 19.9 Å². The molecule has 0 saturated carbocycles. The first kappa shape index (κ1) is 37.6. The van der Waals surface area contributed by atoms with E-state index in [-0.39, 0.29) is 75.4 Å². The summed E-state index contributed by atoms with van der Waals surface area (Å²) in [6.07, 6.45) is 2.06. The summed E-state index contributed by atoms with van der Waals surface area (Å²) in [4.78, 5) is 92.4. The largest absolute Gasteiger partial charge is 0.415 e. The zero-order valence-corrected chi connectivity index (χ0v) is 29.2. The number of imide groups is 1. The molecule has 0 aromatic heterocycles. The molecule has 1 aliphatic heterocycles. The zero-order chi connectivity index (χ0) is 35.9. The van der Waals surface area contributed by atoms with Crippen LogP contribution in [0, 0.1) is 19.3 Å². The predicted octanol–water partition coefficient (Wildman–Crippen LogP) is 3.61. The number of rotatable bonds is 14. The van der Waals surface area contributed by atoms with Gasteiger partial charge in [0.25, 0.3) is 11.8 Å². The average Bonchev–Trinajstić information content (AvgIpc) is 3.34. The lowest BCUT2D eigenvalue weighted by Gasteiger charge is -2.33. The minimum atomic E-state index is -0.911. The fourth-order valence-corrected chi connectivity index (χ4v) is 5.62. The lowest BCUT2D eigenvalue weighted by Crippen LogP contribution is -2.43. The van der Waals surface area contributed by atoms with E-state index in [1.165, 1.54) is 22.0 Å². The molecule has 0 spiro atoms. The van der Waals surface area contributed by atoms with Crippen molar-refractivity contribution in [3.05, 3.63) is 63.8 Å². The molecule has 1 aromatic rings. The number of hydrogen-bond acceptors (Lipinski definition) is 8. The third-order valence-electron chi connectivity index (χ3n) is 8.92. The number of hydrogen-bond donors (Lipinski definition) is 1. The summed E-state index contributed by atoms with van der Waals surface area (Å²) < 4.78 is 5.64. The van der Waals surface area contributed by atoms with Crippen molar-refractivity contribution in [2.45, 2.75) is 67.7 Å². The highest BCUT2D eigenvalue weighted by molar-refractivity contribution is 6.25. The van der Waals surface area contributed by atoms with Gasteiger partial charge in [0, 0.05) is 92.5 Å². The molecule has 0 radical (unpaired) electrons. The monoisotopic (exact) mass is 662 g/mol. The Morgan fingerprint density at radius 3 is 2.08 bits per heavy atom. The Bertz CT molecular complexity index is 1600. The maximum Gasteiger partial charge on any atom is 0.415 e. The molecule has 48 heavy (non-hydrogen) atoms. The standard InChI is InChI=1S/C36H46N4O8/c1-22-11-12-27(20-23(22)2)48-35(47)39(16-9-10-28(41)37-15-17-40-29(42)13-14-30(40)43)19-18-38(8)31(44)21-36(6,7)32-26(5)33(45)24(3)25(4)34(32)46/h11-14,20H,9-10,15-19,21H2,1-8H3,(H,37,41). The number of benzene rings is 1. The second kappa shape index (κ2) is 15.8. The van der Waals surface area contributed by atoms with Crippen LogP contribution in [0.1, 0.15) is 65.0 Å². The number of nitrogens with zero attached hydrogens (tertiary/aromatic N) is 3. The van der Waals surface area contributed by atoms with Crippen LogP contribution in [0.3, 0.4) is 0 Å². The molecule has 1 aromatic carbocycles. The summed E-state index contributed by atoms with van der Waals surface area (Å²) in [6, 6.07) is 5.30. The van der Waals surface area contributed by atoms with E-state index >= 15 is 0 Å². The maximum atomic E-state index is 13.4. The van der Waals surface area contributed by atoms with E-state index in [0.29, 0.717) is 28.0 Å². The number of ketones is 2. The Morgan fingerprint density at radius 2 is 1.46 bits per heavy atom. The van der Waals surface area contributed by atoms with Crippen molar-refractivity contribution in [2.75, 3.05) is 39.8 Å². The molecule has 258 valence electrons. The Labute approximate surface area is 281 Å². The van der Waals surface area contributed by atoms with E-state index < -0.39 is 23.3 Å². The summed E-state index contributed by atoms with van der Waals surface area (Å²) in [5.74, 6) is -1.48. The van der Waals surface area contributed by atoms with Crippen LogP contribution in [0.5, 0.6) is 5.75 Å². The minimum Gasteiger partial charge on any atom is -0.410 e. The first-order valence-corrected chi connectivity index (χ1v) is 16.0. The molecule has 0 atom stereocenters. The van der Waals surface area contributed by atoms with Crippen LogP contribution in [0.15, 0.2) is 52.6 Å². The third kappa shape index (κ3) is 9.14. The van der Waals surface area contributed by atoms with Gasteiger partial charge in [-0.2, -0.15) is 0 Å². The number of ether oxygens (including phenoxy) is 1. The minimum absolute atomic E-state index is 0.0283. The van der Waals surface area contributed by atoms with Crippen LogP contribution in [-0.4, -0.2) is 95.8 Å². The van der Waals surface area contributed by atoms with Crippen molar-refractivity contribution in [2.24, 2.45) is 5.41 Å². The van der Waals surface area contributed by atoms with Gasteiger partial charge in [0.05, 0.1) is 0 Å². The van der Waals surface area contributed by atoms with Crippen LogP contribution < -0.4 is 10.1 Å². The van der Waals surface area contributed by atoms with Crippen LogP contribution in [0.25, 0.3) is 0 Å². The van der Waals surface area contributed by atoms with E-state index in [4.69, 9.17) is 4.74 Å². The second-order valence-electron chi connectivity index (χ2n) is 13.0. The van der Waals surface area contributed by atoms with Gasteiger partial charge in [0.2, 0.25) is 11.8 Å². The molecule has 1 heterocycles. The van der Waals surface area contributed by atoms with Gasteiger partial charge in [0.15, 0.2) is 11.6 Å². The average molecular weight is 663 g/mol. The molecule has 12 nitrogen and oxygen atoms in total. The first-order valence-electron chi connectivity index (χ1n) is 16.0. The molecule has 1 aliphatic carbocycles. The van der Waals surface area contributed by atoms with Crippen molar-refractivity contribution in [3.8, 4) is 5.75 Å². The number of amides is 5. The molecule has 0 unspecified atom stereocenters. The fourth-order valence-electron chi connectivity index (χ4n) is 5.62. The SMILES string of the molecule is CC1=C(C)C(=O)C(C(C)(C)CC(=O)N(C)CCN(CCCC(=O)NCCN2C(=O)C=CC2=O)C(=O)Oc2ccc(C)c(C)c2)=C(C)C1=O. The molecule has 5 amide bonds. The van der Waals surface area contributed by atoms with Crippen LogP contribution >= 0.6 is 0 Å². The van der Waals surface area contributed by atoms with Gasteiger partial charge in [-0.25, -0.2) is 4.79 Å². The van der Waals surface area contributed by atoms with Crippen molar-refractivity contribution in [1.82, 2.24) is 20.0 Å². The fraction of sp³-hybridized carbons (Fsp3) is 0.472. The maximum absolute atomic E-state index is 13.4. The summed E-state index contributed by atoms with van der Waals surface area (Å²) in [7, 11) is 1.61. The van der Waals surface area contributed by atoms with Gasteiger partial charge in [-0.05, 0) is 64.3 Å². The lowest BCUT2D eigenvalue weighted by molar-refractivity contribution is -0.137. The van der Waals surface area contributed by atoms with Gasteiger partial charge in [0.1, 0.15) is 5.75 Å². The summed E-state index contributed by atoms with van der Waals surface area (Å²) in [5.41, 5.74) is 2.57. The van der Waals surface area contributed by atoms with Crippen molar-refractivity contribution < 1.29 is 38.3 Å². The van der Waals surface area contributed by atoms with Gasteiger partial charge >= 0.3 is 6.09 Å². The van der Waals surface area contributed by atoms with Gasteiger partial charge in [-0.15, -0.1) is 0 Å². The Morgan fingerprint density at radius 1 is 0.833 bits per heavy atom. The molecule has 12 heteroatoms. The number of Topliss-reactive ketones (excluding diaryl/α,β-unsaturated/α-hetero) is 2. The highest BCUT2D eigenvalue weighted by Gasteiger charge is 2.39. The van der Waals surface area contributed by atoms with E-state index in [1.54, 1.807) is 53.8 Å². The second-order valence-corrected chi connectivity index (χ2v) is 13.0. The summed E-state index contributed by atoms with van der Waals surface area (Å²) in [6.45, 7) is 12.8. The number of aryl methyl sites for hydroxylation is 2. The summed E-state index contributed by atoms with van der Waals surface area (Å²) in [5, 5.41) is 2.68. The highest BCUT2D eigenvalue weighted by atomic mass is 16.6. The van der Waals surface area contributed by atoms with Crippen molar-refractivity contribution in [3.63, 3.8) is 0 Å². The van der Waals surface area contributed by atoms with Crippen LogP contribution in [0.2, 0.25) is 0 Å². The molecule has 0 bridgehead atoms. The number of allylic oxidation sites excluding steroid dienone is 4. The lowest BCUT2D eigenvalue weighted by atomic mass is 9.71. The molecule has 3 rings (SSSR count). The molecular weight excluding hydrogens is 616 g/mol. The van der Waals surface area contributed by atoms with Crippen LogP contribution in [-0.2, 0) is 28.8 Å². The molecule has 1 N–H and O–H groups in total. The zero-order valence-electron chi connectivity index (χ0n) is 29.2. The number of likely N-dealkylation sites (N-methyl/N-ethyl adjacent to an activating group) is 1. The first-order chi connectivity index (χ1) is 22.4. The van der Waals surface area contributed by atoms with E-state index in [9.17, 15) is 33.6 Å². The molecular formula is C36H46N4O8. The van der Waals surface area contributed by atoms with E-state index in [2.05, 4.69) is 5.32 Å². The molecule has 0 saturated heterocycles. The van der Waals surface area contributed by atoms with Gasteiger partial charge in [-0.3, -0.25) is 33.7 Å². The third-order valence-corrected chi connectivity index (χ3v) is 8.92. The number of carbonyl (C=O) groups is 7. The predicted molar refractivity (Wildman–Crippen MR) is 179 cm³/mol. The van der Waals surface area contributed by atoms with Crippen molar-refractivity contribution in [1.29, 1.82) is 0 Å². The smallest absolute Gasteiger partial charge is 0.410 e.